The maximum Gasteiger partial charge on any atom is 0.305 e. The van der Waals surface area contributed by atoms with E-state index in [1.54, 1.807) is 12.1 Å². The van der Waals surface area contributed by atoms with Gasteiger partial charge in [-0.1, -0.05) is 25.7 Å². The number of aldehydes is 1. The number of unbranched alkanes of at least 4 members (excludes halogenated alkanes) is 5. The summed E-state index contributed by atoms with van der Waals surface area (Å²) in [5.41, 5.74) is 0.661. The zero-order valence-electron chi connectivity index (χ0n) is 12.7. The van der Waals surface area contributed by atoms with Gasteiger partial charge in [0.2, 0.25) is 0 Å². The number of rotatable bonds is 11. The zero-order chi connectivity index (χ0) is 15.3. The van der Waals surface area contributed by atoms with Crippen molar-refractivity contribution < 1.29 is 19.1 Å². The smallest absolute Gasteiger partial charge is 0.305 e. The molecule has 1 aromatic carbocycles. The van der Waals surface area contributed by atoms with Crippen molar-refractivity contribution in [1.82, 2.24) is 0 Å². The second-order valence-electron chi connectivity index (χ2n) is 4.98. The van der Waals surface area contributed by atoms with Gasteiger partial charge in [-0.2, -0.15) is 0 Å². The van der Waals surface area contributed by atoms with Crippen molar-refractivity contribution in [3.8, 4) is 5.75 Å². The van der Waals surface area contributed by atoms with Crippen molar-refractivity contribution in [3.63, 3.8) is 0 Å². The van der Waals surface area contributed by atoms with Gasteiger partial charge < -0.3 is 9.47 Å². The van der Waals surface area contributed by atoms with Gasteiger partial charge in [-0.15, -0.1) is 0 Å². The van der Waals surface area contributed by atoms with Gasteiger partial charge in [0.05, 0.1) is 13.7 Å². The first-order valence-corrected chi connectivity index (χ1v) is 7.51. The third-order valence-corrected chi connectivity index (χ3v) is 3.29. The zero-order valence-corrected chi connectivity index (χ0v) is 12.7. The lowest BCUT2D eigenvalue weighted by atomic mass is 10.1. The molecule has 21 heavy (non-hydrogen) atoms. The first-order chi connectivity index (χ1) is 10.3. The Balaban J connectivity index is 1.94. The van der Waals surface area contributed by atoms with Crippen LogP contribution in [0.2, 0.25) is 0 Å². The summed E-state index contributed by atoms with van der Waals surface area (Å²) in [6.45, 7) is 0.697. The molecule has 0 aliphatic rings. The minimum Gasteiger partial charge on any atom is -0.494 e. The van der Waals surface area contributed by atoms with Gasteiger partial charge in [0.15, 0.2) is 0 Å². The number of hydrogen-bond acceptors (Lipinski definition) is 4. The van der Waals surface area contributed by atoms with E-state index in [1.165, 1.54) is 7.11 Å². The summed E-state index contributed by atoms with van der Waals surface area (Å²) >= 11 is 0. The first kappa shape index (κ1) is 17.2. The van der Waals surface area contributed by atoms with Crippen LogP contribution in [0.15, 0.2) is 24.3 Å². The molecule has 0 spiro atoms. The Hall–Kier alpha value is -1.84. The molecule has 0 saturated carbocycles. The van der Waals surface area contributed by atoms with Crippen LogP contribution in [-0.4, -0.2) is 26.0 Å². The fourth-order valence-corrected chi connectivity index (χ4v) is 2.01. The molecular formula is C17H24O4. The number of ether oxygens (including phenoxy) is 2. The van der Waals surface area contributed by atoms with Crippen molar-refractivity contribution in [2.24, 2.45) is 0 Å². The van der Waals surface area contributed by atoms with Crippen LogP contribution >= 0.6 is 0 Å². The number of carbonyl (C=O) groups excluding carboxylic acids is 2. The normalized spacial score (nSPS) is 10.1. The molecule has 0 aliphatic heterocycles. The molecule has 4 nitrogen and oxygen atoms in total. The highest BCUT2D eigenvalue weighted by molar-refractivity contribution is 5.74. The van der Waals surface area contributed by atoms with E-state index in [4.69, 9.17) is 4.74 Å². The Morgan fingerprint density at radius 2 is 1.62 bits per heavy atom. The Morgan fingerprint density at radius 1 is 1.00 bits per heavy atom. The van der Waals surface area contributed by atoms with Crippen LogP contribution < -0.4 is 4.74 Å². The fraction of sp³-hybridized carbons (Fsp3) is 0.529. The van der Waals surface area contributed by atoms with E-state index in [0.717, 1.165) is 50.6 Å². The molecule has 0 unspecified atom stereocenters. The number of benzene rings is 1. The molecule has 116 valence electrons. The lowest BCUT2D eigenvalue weighted by molar-refractivity contribution is -0.140. The highest BCUT2D eigenvalue weighted by Crippen LogP contribution is 2.12. The summed E-state index contributed by atoms with van der Waals surface area (Å²) in [7, 11) is 1.43. The van der Waals surface area contributed by atoms with Gasteiger partial charge >= 0.3 is 5.97 Å². The highest BCUT2D eigenvalue weighted by atomic mass is 16.5. The second-order valence-corrected chi connectivity index (χ2v) is 4.98. The maximum atomic E-state index is 10.9. The molecule has 0 amide bonds. The van der Waals surface area contributed by atoms with Gasteiger partial charge in [0, 0.05) is 12.0 Å². The quantitative estimate of drug-likeness (QED) is 0.354. The molecule has 0 heterocycles. The molecular weight excluding hydrogens is 268 g/mol. The average molecular weight is 292 g/mol. The highest BCUT2D eigenvalue weighted by Gasteiger charge is 1.99. The lowest BCUT2D eigenvalue weighted by Crippen LogP contribution is -1.99. The third-order valence-electron chi connectivity index (χ3n) is 3.29. The predicted molar refractivity (Wildman–Crippen MR) is 81.7 cm³/mol. The average Bonchev–Trinajstić information content (AvgIpc) is 2.53. The summed E-state index contributed by atoms with van der Waals surface area (Å²) < 4.78 is 10.2. The van der Waals surface area contributed by atoms with Gasteiger partial charge in [0.1, 0.15) is 12.0 Å². The van der Waals surface area contributed by atoms with Crippen molar-refractivity contribution in [2.45, 2.75) is 44.9 Å². The van der Waals surface area contributed by atoms with E-state index < -0.39 is 0 Å². The van der Waals surface area contributed by atoms with E-state index in [9.17, 15) is 9.59 Å². The molecule has 0 bridgehead atoms. The topological polar surface area (TPSA) is 52.6 Å². The largest absolute Gasteiger partial charge is 0.494 e. The SMILES string of the molecule is COC(=O)CCCCCCCCOc1ccc(C=O)cc1. The molecule has 1 aromatic rings. The Kier molecular flexibility index (Phi) is 8.93. The maximum absolute atomic E-state index is 10.9. The van der Waals surface area contributed by atoms with Crippen LogP contribution in [0.1, 0.15) is 55.3 Å². The minimum absolute atomic E-state index is 0.121. The van der Waals surface area contributed by atoms with Crippen molar-refractivity contribution >= 4 is 12.3 Å². The Labute approximate surface area is 126 Å². The van der Waals surface area contributed by atoms with Gasteiger partial charge in [-0.25, -0.2) is 0 Å². The number of esters is 1. The van der Waals surface area contributed by atoms with Gasteiger partial charge in [-0.05, 0) is 37.1 Å². The lowest BCUT2D eigenvalue weighted by Gasteiger charge is -2.06. The number of hydrogen-bond donors (Lipinski definition) is 0. The summed E-state index contributed by atoms with van der Waals surface area (Å²) in [6, 6.07) is 7.14. The summed E-state index contributed by atoms with van der Waals surface area (Å²) in [6.07, 6.45) is 7.78. The Morgan fingerprint density at radius 3 is 2.24 bits per heavy atom. The molecule has 0 N–H and O–H groups in total. The molecule has 0 atom stereocenters. The van der Waals surface area contributed by atoms with E-state index in [0.29, 0.717) is 18.6 Å². The summed E-state index contributed by atoms with van der Waals surface area (Å²) in [5.74, 6) is 0.683. The van der Waals surface area contributed by atoms with Crippen LogP contribution in [0.5, 0.6) is 5.75 Å². The van der Waals surface area contributed by atoms with Gasteiger partial charge in [0.25, 0.3) is 0 Å². The van der Waals surface area contributed by atoms with E-state index in [1.807, 2.05) is 12.1 Å². The van der Waals surface area contributed by atoms with E-state index in [-0.39, 0.29) is 5.97 Å². The molecule has 1 rings (SSSR count). The van der Waals surface area contributed by atoms with Crippen LogP contribution in [0.25, 0.3) is 0 Å². The van der Waals surface area contributed by atoms with Crippen LogP contribution in [0.4, 0.5) is 0 Å². The fourth-order valence-electron chi connectivity index (χ4n) is 2.01. The Bertz CT molecular complexity index is 411. The monoisotopic (exact) mass is 292 g/mol. The van der Waals surface area contributed by atoms with Crippen LogP contribution in [-0.2, 0) is 9.53 Å². The molecule has 0 fully saturated rings. The van der Waals surface area contributed by atoms with E-state index in [2.05, 4.69) is 4.74 Å². The molecule has 0 aliphatic carbocycles. The first-order valence-electron chi connectivity index (χ1n) is 7.51. The van der Waals surface area contributed by atoms with Crippen molar-refractivity contribution in [3.05, 3.63) is 29.8 Å². The molecule has 0 radical (unpaired) electrons. The standard InChI is InChI=1S/C17H24O4/c1-20-17(19)8-6-4-2-3-5-7-13-21-16-11-9-15(14-18)10-12-16/h9-12,14H,2-8,13H2,1H3. The van der Waals surface area contributed by atoms with Gasteiger partial charge in [-0.3, -0.25) is 9.59 Å². The molecule has 0 aromatic heterocycles. The van der Waals surface area contributed by atoms with Crippen LogP contribution in [0, 0.1) is 0 Å². The molecule has 0 saturated heterocycles. The van der Waals surface area contributed by atoms with Crippen LogP contribution in [0.3, 0.4) is 0 Å². The second kappa shape index (κ2) is 10.9. The third kappa shape index (κ3) is 8.12. The number of carbonyl (C=O) groups is 2. The predicted octanol–water partition coefficient (Wildman–Crippen LogP) is 3.78. The minimum atomic E-state index is -0.121. The summed E-state index contributed by atoms with van der Waals surface area (Å²) in [5, 5.41) is 0. The number of methoxy groups -OCH3 is 1. The summed E-state index contributed by atoms with van der Waals surface area (Å²) in [4.78, 5) is 21.4. The molecule has 4 heteroatoms. The van der Waals surface area contributed by atoms with Crippen molar-refractivity contribution in [1.29, 1.82) is 0 Å². The van der Waals surface area contributed by atoms with E-state index >= 15 is 0 Å². The van der Waals surface area contributed by atoms with Crippen molar-refractivity contribution in [2.75, 3.05) is 13.7 Å².